The van der Waals surface area contributed by atoms with Gasteiger partial charge in [0.1, 0.15) is 5.82 Å². The molecule has 1 aromatic carbocycles. The zero-order valence-electron chi connectivity index (χ0n) is 16.7. The maximum atomic E-state index is 5.09. The van der Waals surface area contributed by atoms with E-state index >= 15 is 0 Å². The summed E-state index contributed by atoms with van der Waals surface area (Å²) < 4.78 is 5.09. The highest BCUT2D eigenvalue weighted by molar-refractivity contribution is 5.15. The summed E-state index contributed by atoms with van der Waals surface area (Å²) in [5.41, 5.74) is 2.61. The Hall–Kier alpha value is -1.82. The molecule has 0 spiro atoms. The molecule has 1 atom stereocenters. The second-order valence-electron chi connectivity index (χ2n) is 7.50. The normalized spacial score (nSPS) is 18.1. The molecule has 146 valence electrons. The highest BCUT2D eigenvalue weighted by Gasteiger charge is 2.23. The van der Waals surface area contributed by atoms with Crippen LogP contribution in [0, 0.1) is 0 Å². The van der Waals surface area contributed by atoms with Crippen molar-refractivity contribution in [3.05, 3.63) is 59.7 Å². The van der Waals surface area contributed by atoms with Crippen molar-refractivity contribution in [3.8, 4) is 0 Å². The number of benzene rings is 1. The molecule has 2 heterocycles. The Balaban J connectivity index is 1.46. The predicted octanol–water partition coefficient (Wildman–Crippen LogP) is 2.80. The lowest BCUT2D eigenvalue weighted by Crippen LogP contribution is -2.46. The zero-order chi connectivity index (χ0) is 18.9. The van der Waals surface area contributed by atoms with E-state index in [1.54, 1.807) is 7.11 Å². The lowest BCUT2D eigenvalue weighted by molar-refractivity contribution is 0.112. The molecule has 1 fully saturated rings. The number of ether oxygens (including phenoxy) is 1. The fraction of sp³-hybridized carbons (Fsp3) is 0.545. The van der Waals surface area contributed by atoms with Crippen LogP contribution in [0.5, 0.6) is 0 Å². The summed E-state index contributed by atoms with van der Waals surface area (Å²) in [5, 5.41) is 0. The van der Waals surface area contributed by atoms with Gasteiger partial charge in [-0.3, -0.25) is 4.90 Å². The monoisotopic (exact) mass is 368 g/mol. The van der Waals surface area contributed by atoms with E-state index in [4.69, 9.17) is 4.74 Å². The molecule has 1 aliphatic rings. The minimum absolute atomic E-state index is 0.600. The molecule has 0 saturated carbocycles. The number of piperidine rings is 1. The Labute approximate surface area is 163 Å². The van der Waals surface area contributed by atoms with Gasteiger partial charge in [0.25, 0.3) is 0 Å². The largest absolute Gasteiger partial charge is 0.384 e. The maximum Gasteiger partial charge on any atom is 0.130 e. The van der Waals surface area contributed by atoms with Gasteiger partial charge in [0.15, 0.2) is 0 Å². The number of hydrogen-bond donors (Lipinski definition) is 0. The minimum atomic E-state index is 0.600. The molecular weight excluding hydrogens is 336 g/mol. The SMILES string of the molecule is COCCc1ncc(CN(C)C2CCCN(CCc3ccccc3)C2)cn1. The molecule has 0 radical (unpaired) electrons. The van der Waals surface area contributed by atoms with Gasteiger partial charge in [-0.1, -0.05) is 30.3 Å². The number of rotatable bonds is 9. The van der Waals surface area contributed by atoms with E-state index in [1.807, 2.05) is 12.4 Å². The van der Waals surface area contributed by atoms with E-state index in [2.05, 4.69) is 57.1 Å². The van der Waals surface area contributed by atoms with Gasteiger partial charge >= 0.3 is 0 Å². The number of hydrogen-bond acceptors (Lipinski definition) is 5. The summed E-state index contributed by atoms with van der Waals surface area (Å²) in [6.45, 7) is 5.08. The highest BCUT2D eigenvalue weighted by atomic mass is 16.5. The Morgan fingerprint density at radius 1 is 1.11 bits per heavy atom. The molecule has 0 N–H and O–H groups in total. The van der Waals surface area contributed by atoms with E-state index in [-0.39, 0.29) is 0 Å². The molecule has 1 aromatic heterocycles. The van der Waals surface area contributed by atoms with Gasteiger partial charge in [-0.15, -0.1) is 0 Å². The smallest absolute Gasteiger partial charge is 0.130 e. The maximum absolute atomic E-state index is 5.09. The number of methoxy groups -OCH3 is 1. The van der Waals surface area contributed by atoms with Crippen molar-refractivity contribution in [1.82, 2.24) is 19.8 Å². The Morgan fingerprint density at radius 2 is 1.89 bits per heavy atom. The highest BCUT2D eigenvalue weighted by Crippen LogP contribution is 2.17. The second kappa shape index (κ2) is 10.5. The predicted molar refractivity (Wildman–Crippen MR) is 109 cm³/mol. The Bertz CT molecular complexity index is 662. The van der Waals surface area contributed by atoms with E-state index < -0.39 is 0 Å². The Morgan fingerprint density at radius 3 is 2.63 bits per heavy atom. The number of likely N-dealkylation sites (tertiary alicyclic amines) is 1. The standard InChI is InChI=1S/C22H32N4O/c1-25(17-20-15-23-22(24-16-20)11-14-27-2)21-9-6-12-26(18-21)13-10-19-7-4-3-5-8-19/h3-5,7-8,15-16,21H,6,9-14,17-18H2,1-2H3. The molecule has 2 aromatic rings. The summed E-state index contributed by atoms with van der Waals surface area (Å²) >= 11 is 0. The van der Waals surface area contributed by atoms with Gasteiger partial charge in [0.2, 0.25) is 0 Å². The van der Waals surface area contributed by atoms with Crippen molar-refractivity contribution < 1.29 is 4.74 Å². The van der Waals surface area contributed by atoms with Gasteiger partial charge in [-0.25, -0.2) is 9.97 Å². The van der Waals surface area contributed by atoms with Crippen LogP contribution in [-0.4, -0.2) is 66.2 Å². The molecule has 0 aliphatic carbocycles. The van der Waals surface area contributed by atoms with Crippen molar-refractivity contribution in [2.45, 2.75) is 38.3 Å². The first-order valence-electron chi connectivity index (χ1n) is 10.00. The number of nitrogens with zero attached hydrogens (tertiary/aromatic N) is 4. The first-order chi connectivity index (χ1) is 13.2. The van der Waals surface area contributed by atoms with Gasteiger partial charge in [-0.2, -0.15) is 0 Å². The van der Waals surface area contributed by atoms with Crippen LogP contribution in [0.4, 0.5) is 0 Å². The topological polar surface area (TPSA) is 41.5 Å². The van der Waals surface area contributed by atoms with Crippen LogP contribution in [0.25, 0.3) is 0 Å². The molecular formula is C22H32N4O. The molecule has 3 rings (SSSR count). The van der Waals surface area contributed by atoms with Crippen LogP contribution in [-0.2, 0) is 24.1 Å². The number of aromatic nitrogens is 2. The van der Waals surface area contributed by atoms with E-state index in [1.165, 1.54) is 30.5 Å². The van der Waals surface area contributed by atoms with Gasteiger partial charge < -0.3 is 9.64 Å². The van der Waals surface area contributed by atoms with Crippen molar-refractivity contribution in [2.75, 3.05) is 40.4 Å². The van der Waals surface area contributed by atoms with Crippen LogP contribution in [0.15, 0.2) is 42.7 Å². The van der Waals surface area contributed by atoms with Gasteiger partial charge in [0.05, 0.1) is 6.61 Å². The Kier molecular flexibility index (Phi) is 7.75. The van der Waals surface area contributed by atoms with E-state index in [0.717, 1.165) is 38.3 Å². The summed E-state index contributed by atoms with van der Waals surface area (Å²) in [5.74, 6) is 0.855. The van der Waals surface area contributed by atoms with Crippen molar-refractivity contribution >= 4 is 0 Å². The van der Waals surface area contributed by atoms with Gasteiger partial charge in [-0.05, 0) is 38.4 Å². The van der Waals surface area contributed by atoms with Crippen LogP contribution in [0.3, 0.4) is 0 Å². The average Bonchev–Trinajstić information content (AvgIpc) is 2.73. The van der Waals surface area contributed by atoms with Crippen molar-refractivity contribution in [2.24, 2.45) is 0 Å². The summed E-state index contributed by atoms with van der Waals surface area (Å²) in [6.07, 6.45) is 8.37. The number of likely N-dealkylation sites (N-methyl/N-ethyl adjacent to an activating group) is 1. The average molecular weight is 369 g/mol. The summed E-state index contributed by atoms with van der Waals surface area (Å²) in [7, 11) is 3.93. The third-order valence-electron chi connectivity index (χ3n) is 5.38. The fourth-order valence-electron chi connectivity index (χ4n) is 3.73. The minimum Gasteiger partial charge on any atom is -0.384 e. The van der Waals surface area contributed by atoms with Gasteiger partial charge in [0, 0.05) is 57.2 Å². The van der Waals surface area contributed by atoms with Crippen LogP contribution in [0.2, 0.25) is 0 Å². The third-order valence-corrected chi connectivity index (χ3v) is 5.38. The van der Waals surface area contributed by atoms with E-state index in [9.17, 15) is 0 Å². The zero-order valence-corrected chi connectivity index (χ0v) is 16.7. The van der Waals surface area contributed by atoms with Crippen LogP contribution < -0.4 is 0 Å². The van der Waals surface area contributed by atoms with E-state index in [0.29, 0.717) is 12.6 Å². The molecule has 1 unspecified atom stereocenters. The molecule has 0 amide bonds. The second-order valence-corrected chi connectivity index (χ2v) is 7.50. The molecule has 5 nitrogen and oxygen atoms in total. The van der Waals surface area contributed by atoms with Crippen LogP contribution >= 0.6 is 0 Å². The molecule has 1 saturated heterocycles. The first-order valence-corrected chi connectivity index (χ1v) is 10.00. The third kappa shape index (κ3) is 6.38. The van der Waals surface area contributed by atoms with Crippen molar-refractivity contribution in [1.29, 1.82) is 0 Å². The molecule has 27 heavy (non-hydrogen) atoms. The summed E-state index contributed by atoms with van der Waals surface area (Å²) in [6, 6.07) is 11.4. The molecule has 1 aliphatic heterocycles. The van der Waals surface area contributed by atoms with Crippen LogP contribution in [0.1, 0.15) is 29.8 Å². The molecule has 5 heteroatoms. The first kappa shape index (κ1) is 19.9. The van der Waals surface area contributed by atoms with Crippen molar-refractivity contribution in [3.63, 3.8) is 0 Å². The lowest BCUT2D eigenvalue weighted by atomic mass is 10.0. The molecule has 0 bridgehead atoms. The fourth-order valence-corrected chi connectivity index (χ4v) is 3.73. The quantitative estimate of drug-likeness (QED) is 0.681. The summed E-state index contributed by atoms with van der Waals surface area (Å²) in [4.78, 5) is 14.0. The lowest BCUT2D eigenvalue weighted by Gasteiger charge is -2.37.